The van der Waals surface area contributed by atoms with E-state index in [9.17, 15) is 18.0 Å². The van der Waals surface area contributed by atoms with Crippen molar-refractivity contribution in [2.45, 2.75) is 44.8 Å². The van der Waals surface area contributed by atoms with Gasteiger partial charge in [-0.15, -0.1) is 0 Å². The van der Waals surface area contributed by atoms with E-state index in [4.69, 9.17) is 11.6 Å². The number of fused-ring (bicyclic) bond motifs is 1. The first-order valence-corrected chi connectivity index (χ1v) is 9.77. The number of aryl methyl sites for hydroxylation is 1. The van der Waals surface area contributed by atoms with E-state index in [1.165, 1.54) is 12.3 Å². The van der Waals surface area contributed by atoms with Gasteiger partial charge in [0, 0.05) is 36.8 Å². The van der Waals surface area contributed by atoms with E-state index in [2.05, 4.69) is 10.1 Å². The minimum absolute atomic E-state index is 0.00840. The van der Waals surface area contributed by atoms with E-state index < -0.39 is 16.9 Å². The van der Waals surface area contributed by atoms with Gasteiger partial charge in [0.1, 0.15) is 0 Å². The SMILES string of the molecule is CC(C)C(c1cnc(C(F)(F)F)c(Cl)c1)c1c2ccn(C3CC3)c(=O)c2nn1C. The molecular formula is C20H20ClF3N4O. The Labute approximate surface area is 170 Å². The third-order valence-corrected chi connectivity index (χ3v) is 5.65. The number of hydrogen-bond donors (Lipinski definition) is 0. The fourth-order valence-corrected chi connectivity index (χ4v) is 4.20. The minimum atomic E-state index is -4.62. The molecule has 0 spiro atoms. The molecule has 0 N–H and O–H groups in total. The second kappa shape index (κ2) is 6.86. The zero-order valence-corrected chi connectivity index (χ0v) is 16.9. The lowest BCUT2D eigenvalue weighted by Crippen LogP contribution is -2.18. The lowest BCUT2D eigenvalue weighted by molar-refractivity contribution is -0.141. The molecule has 29 heavy (non-hydrogen) atoms. The molecule has 0 amide bonds. The molecule has 0 bridgehead atoms. The molecule has 1 fully saturated rings. The van der Waals surface area contributed by atoms with Crippen molar-refractivity contribution in [1.29, 1.82) is 0 Å². The van der Waals surface area contributed by atoms with E-state index in [-0.39, 0.29) is 23.4 Å². The Morgan fingerprint density at radius 2 is 1.97 bits per heavy atom. The molecule has 3 aromatic rings. The van der Waals surface area contributed by atoms with E-state index in [0.717, 1.165) is 18.5 Å². The van der Waals surface area contributed by atoms with Crippen molar-refractivity contribution in [1.82, 2.24) is 19.3 Å². The number of nitrogens with zero attached hydrogens (tertiary/aromatic N) is 4. The summed E-state index contributed by atoms with van der Waals surface area (Å²) < 4.78 is 42.5. The molecule has 5 nitrogen and oxygen atoms in total. The third-order valence-electron chi connectivity index (χ3n) is 5.36. The average Bonchev–Trinajstić information content (AvgIpc) is 3.39. The van der Waals surface area contributed by atoms with Crippen LogP contribution in [0.5, 0.6) is 0 Å². The van der Waals surface area contributed by atoms with E-state index in [1.54, 1.807) is 22.5 Å². The summed E-state index contributed by atoms with van der Waals surface area (Å²) in [4.78, 5) is 16.4. The largest absolute Gasteiger partial charge is 0.434 e. The first kappa shape index (κ1) is 19.9. The summed E-state index contributed by atoms with van der Waals surface area (Å²) in [6, 6.07) is 3.41. The summed E-state index contributed by atoms with van der Waals surface area (Å²) in [6.45, 7) is 3.92. The first-order valence-electron chi connectivity index (χ1n) is 9.40. The summed E-state index contributed by atoms with van der Waals surface area (Å²) >= 11 is 5.91. The van der Waals surface area contributed by atoms with Gasteiger partial charge in [0.25, 0.3) is 5.56 Å². The monoisotopic (exact) mass is 424 g/mol. The number of hydrogen-bond acceptors (Lipinski definition) is 3. The minimum Gasteiger partial charge on any atom is -0.311 e. The molecule has 0 aromatic carbocycles. The highest BCUT2D eigenvalue weighted by atomic mass is 35.5. The Kier molecular flexibility index (Phi) is 4.72. The number of pyridine rings is 2. The number of rotatable bonds is 4. The molecule has 9 heteroatoms. The molecular weight excluding hydrogens is 405 g/mol. The van der Waals surface area contributed by atoms with Gasteiger partial charge in [-0.2, -0.15) is 18.3 Å². The van der Waals surface area contributed by atoms with E-state index >= 15 is 0 Å². The van der Waals surface area contributed by atoms with Crippen LogP contribution in [0.2, 0.25) is 5.02 Å². The van der Waals surface area contributed by atoms with E-state index in [0.29, 0.717) is 16.5 Å². The van der Waals surface area contributed by atoms with Crippen LogP contribution in [-0.2, 0) is 13.2 Å². The van der Waals surface area contributed by atoms with Gasteiger partial charge in [-0.25, -0.2) is 0 Å². The van der Waals surface area contributed by atoms with Crippen LogP contribution in [0.4, 0.5) is 13.2 Å². The van der Waals surface area contributed by atoms with Crippen LogP contribution in [0.1, 0.15) is 55.6 Å². The normalized spacial score (nSPS) is 16.0. The Morgan fingerprint density at radius 1 is 1.28 bits per heavy atom. The summed E-state index contributed by atoms with van der Waals surface area (Å²) in [5.41, 5.74) is 0.431. The molecule has 1 saturated carbocycles. The van der Waals surface area contributed by atoms with Crippen LogP contribution in [0.3, 0.4) is 0 Å². The molecule has 0 aliphatic heterocycles. The highest BCUT2D eigenvalue weighted by molar-refractivity contribution is 6.31. The maximum Gasteiger partial charge on any atom is 0.434 e. The molecule has 154 valence electrons. The van der Waals surface area contributed by atoms with Crippen LogP contribution in [-0.4, -0.2) is 19.3 Å². The molecule has 0 radical (unpaired) electrons. The zero-order valence-electron chi connectivity index (χ0n) is 16.2. The van der Waals surface area contributed by atoms with Crippen molar-refractivity contribution in [3.63, 3.8) is 0 Å². The fourth-order valence-electron chi connectivity index (χ4n) is 3.92. The van der Waals surface area contributed by atoms with Crippen LogP contribution in [0.25, 0.3) is 10.9 Å². The quantitative estimate of drug-likeness (QED) is 0.597. The predicted octanol–water partition coefficient (Wildman–Crippen LogP) is 4.93. The van der Waals surface area contributed by atoms with Gasteiger partial charge >= 0.3 is 6.18 Å². The number of alkyl halides is 3. The number of aromatic nitrogens is 4. The van der Waals surface area contributed by atoms with Gasteiger partial charge in [-0.1, -0.05) is 25.4 Å². The topological polar surface area (TPSA) is 52.7 Å². The molecule has 1 aliphatic carbocycles. The van der Waals surface area contributed by atoms with Gasteiger partial charge in [0.15, 0.2) is 11.2 Å². The van der Waals surface area contributed by atoms with Gasteiger partial charge in [0.2, 0.25) is 0 Å². The van der Waals surface area contributed by atoms with Crippen LogP contribution >= 0.6 is 11.6 Å². The maximum atomic E-state index is 13.0. The first-order chi connectivity index (χ1) is 13.6. The summed E-state index contributed by atoms with van der Waals surface area (Å²) in [6.07, 6.45) is 0.341. The summed E-state index contributed by atoms with van der Waals surface area (Å²) in [5.74, 6) is -0.317. The van der Waals surface area contributed by atoms with Crippen molar-refractivity contribution >= 4 is 22.5 Å². The highest BCUT2D eigenvalue weighted by Gasteiger charge is 2.36. The Bertz CT molecular complexity index is 1150. The Morgan fingerprint density at radius 3 is 2.52 bits per heavy atom. The fraction of sp³-hybridized carbons (Fsp3) is 0.450. The van der Waals surface area contributed by atoms with Gasteiger partial charge in [0.05, 0.1) is 10.7 Å². The lowest BCUT2D eigenvalue weighted by atomic mass is 9.85. The third kappa shape index (κ3) is 3.43. The summed E-state index contributed by atoms with van der Waals surface area (Å²) in [5, 5.41) is 4.70. The van der Waals surface area contributed by atoms with Gasteiger partial charge in [-0.05, 0) is 36.5 Å². The molecule has 1 unspecified atom stereocenters. The van der Waals surface area contributed by atoms with Crippen molar-refractivity contribution in [2.24, 2.45) is 13.0 Å². The Balaban J connectivity index is 1.87. The van der Waals surface area contributed by atoms with Crippen molar-refractivity contribution in [3.8, 4) is 0 Å². The number of halogens is 4. The Hall–Kier alpha value is -2.35. The second-order valence-electron chi connectivity index (χ2n) is 7.85. The maximum absolute atomic E-state index is 13.0. The molecule has 3 aromatic heterocycles. The average molecular weight is 425 g/mol. The van der Waals surface area contributed by atoms with Crippen LogP contribution in [0, 0.1) is 5.92 Å². The highest BCUT2D eigenvalue weighted by Crippen LogP contribution is 2.39. The van der Waals surface area contributed by atoms with Crippen LogP contribution in [0.15, 0.2) is 29.3 Å². The molecule has 1 aliphatic rings. The van der Waals surface area contributed by atoms with Crippen molar-refractivity contribution in [3.05, 3.63) is 56.9 Å². The van der Waals surface area contributed by atoms with Crippen LogP contribution < -0.4 is 5.56 Å². The second-order valence-corrected chi connectivity index (χ2v) is 8.26. The standard InChI is InChI=1S/C20H20ClF3N4O/c1-10(2)15(11-8-14(21)18(25-9-11)20(22,23)24)17-13-6-7-28(12-4-5-12)19(29)16(13)26-27(17)3/h6-10,12,15H,4-5H2,1-3H3. The molecule has 0 saturated heterocycles. The molecule has 4 rings (SSSR count). The van der Waals surface area contributed by atoms with Crippen molar-refractivity contribution < 1.29 is 13.2 Å². The zero-order chi connectivity index (χ0) is 21.1. The molecule has 1 atom stereocenters. The summed E-state index contributed by atoms with van der Waals surface area (Å²) in [7, 11) is 1.74. The van der Waals surface area contributed by atoms with E-state index in [1.807, 2.05) is 19.9 Å². The van der Waals surface area contributed by atoms with Crippen molar-refractivity contribution in [2.75, 3.05) is 0 Å². The van der Waals surface area contributed by atoms with Gasteiger partial charge in [-0.3, -0.25) is 14.5 Å². The van der Waals surface area contributed by atoms with Gasteiger partial charge < -0.3 is 4.57 Å². The smallest absolute Gasteiger partial charge is 0.311 e. The lowest BCUT2D eigenvalue weighted by Gasteiger charge is -2.23. The predicted molar refractivity (Wildman–Crippen MR) is 104 cm³/mol. The molecule has 3 heterocycles.